The van der Waals surface area contributed by atoms with Gasteiger partial charge >= 0.3 is 0 Å². The second kappa shape index (κ2) is 9.93. The molecule has 0 radical (unpaired) electrons. The van der Waals surface area contributed by atoms with Crippen LogP contribution in [-0.2, 0) is 13.1 Å². The van der Waals surface area contributed by atoms with Crippen LogP contribution in [0.2, 0.25) is 10.0 Å². The summed E-state index contributed by atoms with van der Waals surface area (Å²) in [6.07, 6.45) is 7.73. The largest absolute Gasteiger partial charge is 0.345 e. The van der Waals surface area contributed by atoms with E-state index >= 15 is 0 Å². The second-order valence-corrected chi connectivity index (χ2v) is 9.31. The summed E-state index contributed by atoms with van der Waals surface area (Å²) in [5.41, 5.74) is 4.16. The third kappa shape index (κ3) is 5.34. The lowest BCUT2D eigenvalue weighted by molar-refractivity contribution is 0.0609. The number of nitrogens with zero attached hydrogens (tertiary/aromatic N) is 2. The first kappa shape index (κ1) is 22.0. The molecule has 0 saturated heterocycles. The van der Waals surface area contributed by atoms with E-state index in [0.717, 1.165) is 37.9 Å². The Labute approximate surface area is 194 Å². The lowest BCUT2D eigenvalue weighted by Gasteiger charge is -2.35. The lowest BCUT2D eigenvalue weighted by Crippen LogP contribution is -2.41. The van der Waals surface area contributed by atoms with Crippen LogP contribution in [0.3, 0.4) is 0 Å². The molecule has 1 aliphatic carbocycles. The van der Waals surface area contributed by atoms with Gasteiger partial charge in [-0.25, -0.2) is 0 Å². The van der Waals surface area contributed by atoms with Gasteiger partial charge in [-0.15, -0.1) is 0 Å². The van der Waals surface area contributed by atoms with Crippen LogP contribution in [-0.4, -0.2) is 21.4 Å². The van der Waals surface area contributed by atoms with Crippen molar-refractivity contribution >= 4 is 29.1 Å². The molecule has 5 heteroatoms. The van der Waals surface area contributed by atoms with Crippen molar-refractivity contribution in [2.24, 2.45) is 0 Å². The Bertz CT molecular complexity index is 1050. The Balaban J connectivity index is 1.61. The van der Waals surface area contributed by atoms with E-state index in [4.69, 9.17) is 23.2 Å². The molecule has 0 spiro atoms. The molecular weight excluding hydrogens is 427 g/mol. The van der Waals surface area contributed by atoms with Crippen molar-refractivity contribution in [1.82, 2.24) is 9.47 Å². The Morgan fingerprint density at radius 3 is 2.58 bits per heavy atom. The molecule has 1 fully saturated rings. The summed E-state index contributed by atoms with van der Waals surface area (Å²) in [7, 11) is 0. The number of rotatable bonds is 6. The summed E-state index contributed by atoms with van der Waals surface area (Å²) in [4.78, 5) is 15.6. The molecule has 1 heterocycles. The average molecular weight is 455 g/mol. The Morgan fingerprint density at radius 2 is 1.84 bits per heavy atom. The highest BCUT2D eigenvalue weighted by molar-refractivity contribution is 6.36. The maximum absolute atomic E-state index is 13.6. The zero-order valence-electron chi connectivity index (χ0n) is 17.9. The molecule has 31 heavy (non-hydrogen) atoms. The van der Waals surface area contributed by atoms with Gasteiger partial charge in [-0.3, -0.25) is 4.79 Å². The van der Waals surface area contributed by atoms with Crippen molar-refractivity contribution in [2.75, 3.05) is 0 Å². The fourth-order valence-corrected chi connectivity index (χ4v) is 5.00. The van der Waals surface area contributed by atoms with E-state index in [1.54, 1.807) is 18.2 Å². The predicted octanol–water partition coefficient (Wildman–Crippen LogP) is 7.13. The van der Waals surface area contributed by atoms with E-state index in [1.165, 1.54) is 17.5 Å². The van der Waals surface area contributed by atoms with Crippen LogP contribution in [0.5, 0.6) is 0 Å². The summed E-state index contributed by atoms with van der Waals surface area (Å²) in [5, 5.41) is 0.950. The van der Waals surface area contributed by atoms with Crippen LogP contribution in [0, 0.1) is 6.92 Å². The number of aryl methyl sites for hydroxylation is 1. The standard InChI is InChI=1S/C26H28Cl2N2O/c1-19-7-5-8-20(15-19)17-29-14-6-11-23(29)18-30(22-9-3-2-4-10-22)26(31)24-13-12-21(27)16-25(24)28/h5-8,11-16,22H,2-4,9-10,17-18H2,1H3. The highest BCUT2D eigenvalue weighted by Crippen LogP contribution is 2.29. The number of carbonyl (C=O) groups is 1. The van der Waals surface area contributed by atoms with Crippen LogP contribution in [0.15, 0.2) is 60.8 Å². The van der Waals surface area contributed by atoms with Crippen molar-refractivity contribution in [1.29, 1.82) is 0 Å². The van der Waals surface area contributed by atoms with Gasteiger partial charge in [-0.05, 0) is 55.7 Å². The van der Waals surface area contributed by atoms with Crippen LogP contribution in [0.25, 0.3) is 0 Å². The number of carbonyl (C=O) groups excluding carboxylic acids is 1. The smallest absolute Gasteiger partial charge is 0.255 e. The van der Waals surface area contributed by atoms with Crippen molar-refractivity contribution in [2.45, 2.75) is 58.2 Å². The minimum atomic E-state index is -0.0168. The molecular formula is C26H28Cl2N2O. The molecule has 0 unspecified atom stereocenters. The summed E-state index contributed by atoms with van der Waals surface area (Å²) in [6.45, 7) is 3.47. The van der Waals surface area contributed by atoms with Crippen LogP contribution < -0.4 is 0 Å². The first-order chi connectivity index (χ1) is 15.0. The topological polar surface area (TPSA) is 25.2 Å². The third-order valence-electron chi connectivity index (χ3n) is 6.13. The van der Waals surface area contributed by atoms with Crippen molar-refractivity contribution < 1.29 is 4.79 Å². The molecule has 2 aromatic carbocycles. The zero-order chi connectivity index (χ0) is 21.8. The molecule has 0 bridgehead atoms. The normalized spacial score (nSPS) is 14.5. The molecule has 3 nitrogen and oxygen atoms in total. The second-order valence-electron chi connectivity index (χ2n) is 8.47. The molecule has 0 aliphatic heterocycles. The van der Waals surface area contributed by atoms with E-state index < -0.39 is 0 Å². The van der Waals surface area contributed by atoms with E-state index in [0.29, 0.717) is 22.2 Å². The van der Waals surface area contributed by atoms with Gasteiger partial charge in [0.2, 0.25) is 0 Å². The van der Waals surface area contributed by atoms with Gasteiger partial charge < -0.3 is 9.47 Å². The first-order valence-electron chi connectivity index (χ1n) is 11.0. The van der Waals surface area contributed by atoms with Gasteiger partial charge in [0.05, 0.1) is 17.1 Å². The molecule has 1 amide bonds. The van der Waals surface area contributed by atoms with Gasteiger partial charge in [-0.2, -0.15) is 0 Å². The van der Waals surface area contributed by atoms with E-state index in [-0.39, 0.29) is 11.9 Å². The van der Waals surface area contributed by atoms with Gasteiger partial charge in [-0.1, -0.05) is 72.3 Å². The Kier molecular flexibility index (Phi) is 7.04. The molecule has 1 aromatic heterocycles. The van der Waals surface area contributed by atoms with Gasteiger partial charge in [0.1, 0.15) is 0 Å². The quantitative estimate of drug-likeness (QED) is 0.388. The monoisotopic (exact) mass is 454 g/mol. The third-order valence-corrected chi connectivity index (χ3v) is 6.68. The SMILES string of the molecule is Cc1cccc(Cn2cccc2CN(C(=O)c2ccc(Cl)cc2Cl)C2CCCCC2)c1. The average Bonchev–Trinajstić information content (AvgIpc) is 3.19. The minimum absolute atomic E-state index is 0.0168. The first-order valence-corrected chi connectivity index (χ1v) is 11.7. The van der Waals surface area contributed by atoms with Gasteiger partial charge in [0, 0.05) is 29.5 Å². The summed E-state index contributed by atoms with van der Waals surface area (Å²) < 4.78 is 2.24. The number of aromatic nitrogens is 1. The van der Waals surface area contributed by atoms with Gasteiger partial charge in [0.25, 0.3) is 5.91 Å². The maximum Gasteiger partial charge on any atom is 0.255 e. The Hall–Kier alpha value is -2.23. The predicted molar refractivity (Wildman–Crippen MR) is 128 cm³/mol. The van der Waals surface area contributed by atoms with E-state index in [2.05, 4.69) is 54.1 Å². The molecule has 3 aromatic rings. The van der Waals surface area contributed by atoms with Crippen LogP contribution >= 0.6 is 23.2 Å². The molecule has 1 aliphatic rings. The van der Waals surface area contributed by atoms with E-state index in [1.807, 2.05) is 4.90 Å². The number of amides is 1. The van der Waals surface area contributed by atoms with Crippen LogP contribution in [0.1, 0.15) is 59.3 Å². The fourth-order valence-electron chi connectivity index (χ4n) is 4.51. The van der Waals surface area contributed by atoms with Crippen LogP contribution in [0.4, 0.5) is 0 Å². The van der Waals surface area contributed by atoms with Gasteiger partial charge in [0.15, 0.2) is 0 Å². The Morgan fingerprint density at radius 1 is 1.03 bits per heavy atom. The fraction of sp³-hybridized carbons (Fsp3) is 0.346. The maximum atomic E-state index is 13.6. The lowest BCUT2D eigenvalue weighted by atomic mass is 9.93. The summed E-state index contributed by atoms with van der Waals surface area (Å²) in [6, 6.07) is 18.1. The molecule has 4 rings (SSSR count). The zero-order valence-corrected chi connectivity index (χ0v) is 19.4. The highest BCUT2D eigenvalue weighted by atomic mass is 35.5. The van der Waals surface area contributed by atoms with E-state index in [9.17, 15) is 4.79 Å². The number of benzene rings is 2. The molecule has 162 valence electrons. The molecule has 0 atom stereocenters. The highest BCUT2D eigenvalue weighted by Gasteiger charge is 2.28. The number of halogens is 2. The number of hydrogen-bond donors (Lipinski definition) is 0. The molecule has 0 N–H and O–H groups in total. The molecule has 1 saturated carbocycles. The summed E-state index contributed by atoms with van der Waals surface area (Å²) >= 11 is 12.5. The summed E-state index contributed by atoms with van der Waals surface area (Å²) in [5.74, 6) is -0.0168. The van der Waals surface area contributed by atoms with Crippen molar-refractivity contribution in [3.05, 3.63) is 93.2 Å². The number of hydrogen-bond acceptors (Lipinski definition) is 1. The van der Waals surface area contributed by atoms with Crippen molar-refractivity contribution in [3.63, 3.8) is 0 Å². The van der Waals surface area contributed by atoms with Crippen molar-refractivity contribution in [3.8, 4) is 0 Å². The minimum Gasteiger partial charge on any atom is -0.345 e.